The second-order valence-electron chi connectivity index (χ2n) is 7.08. The van der Waals surface area contributed by atoms with Gasteiger partial charge in [0.15, 0.2) is 5.43 Å². The van der Waals surface area contributed by atoms with Crippen molar-refractivity contribution >= 4 is 10.9 Å². The monoisotopic (exact) mass is 269 g/mol. The number of aromatic amines is 1. The highest BCUT2D eigenvalue weighted by Crippen LogP contribution is 2.33. The summed E-state index contributed by atoms with van der Waals surface area (Å²) in [6.45, 7) is 6.53. The maximum atomic E-state index is 12.4. The number of aromatic nitrogens is 1. The normalized spacial score (nSPS) is 16.9. The molecule has 1 aliphatic carbocycles. The van der Waals surface area contributed by atoms with Crippen LogP contribution in [0.3, 0.4) is 0 Å². The third-order valence-electron chi connectivity index (χ3n) is 4.51. The number of H-pyrrole nitrogens is 1. The molecule has 2 aromatic rings. The second-order valence-corrected chi connectivity index (χ2v) is 7.08. The quantitative estimate of drug-likeness (QED) is 0.813. The number of hydrogen-bond donors (Lipinski definition) is 1. The molecule has 0 bridgehead atoms. The largest absolute Gasteiger partial charge is 0.358 e. The highest BCUT2D eigenvalue weighted by Gasteiger charge is 2.19. The molecule has 1 heterocycles. The van der Waals surface area contributed by atoms with Gasteiger partial charge in [-0.15, -0.1) is 0 Å². The number of hydrogen-bond acceptors (Lipinski definition) is 1. The van der Waals surface area contributed by atoms with Gasteiger partial charge in [-0.05, 0) is 41.9 Å². The van der Waals surface area contributed by atoms with E-state index in [1.807, 2.05) is 12.1 Å². The molecule has 1 aromatic heterocycles. The molecule has 2 heteroatoms. The van der Waals surface area contributed by atoms with Gasteiger partial charge in [-0.2, -0.15) is 0 Å². The fourth-order valence-corrected chi connectivity index (χ4v) is 3.19. The standard InChI is InChI=1S/C18H23NO/c1-18(2,3)13-8-9-15-14(10-13)17(20)11-16(19-15)12-6-4-5-7-12/h8-12H,4-7H2,1-3H3,(H,19,20). The highest BCUT2D eigenvalue weighted by atomic mass is 16.1. The maximum absolute atomic E-state index is 12.4. The summed E-state index contributed by atoms with van der Waals surface area (Å²) in [5, 5.41) is 0.819. The van der Waals surface area contributed by atoms with Crippen molar-refractivity contribution in [3.63, 3.8) is 0 Å². The first-order chi connectivity index (χ1) is 9.45. The molecule has 0 amide bonds. The first-order valence-electron chi connectivity index (χ1n) is 7.62. The summed E-state index contributed by atoms with van der Waals surface area (Å²) in [6.07, 6.45) is 4.99. The van der Waals surface area contributed by atoms with Crippen LogP contribution in [0.4, 0.5) is 0 Å². The molecule has 0 radical (unpaired) electrons. The van der Waals surface area contributed by atoms with Crippen LogP contribution in [-0.2, 0) is 5.41 Å². The molecule has 3 rings (SSSR count). The zero-order valence-electron chi connectivity index (χ0n) is 12.6. The van der Waals surface area contributed by atoms with Crippen molar-refractivity contribution in [2.24, 2.45) is 0 Å². The lowest BCUT2D eigenvalue weighted by atomic mass is 9.86. The molecule has 2 nitrogen and oxygen atoms in total. The summed E-state index contributed by atoms with van der Waals surface area (Å²) in [6, 6.07) is 8.07. The van der Waals surface area contributed by atoms with E-state index >= 15 is 0 Å². The van der Waals surface area contributed by atoms with Crippen LogP contribution < -0.4 is 5.43 Å². The van der Waals surface area contributed by atoms with Crippen molar-refractivity contribution in [3.05, 3.63) is 45.7 Å². The average Bonchev–Trinajstić information content (AvgIpc) is 2.91. The van der Waals surface area contributed by atoms with Gasteiger partial charge in [0.25, 0.3) is 0 Å². The summed E-state index contributed by atoms with van der Waals surface area (Å²) in [4.78, 5) is 15.9. The predicted octanol–water partition coefficient (Wildman–Crippen LogP) is 4.48. The fraction of sp³-hybridized carbons (Fsp3) is 0.500. The van der Waals surface area contributed by atoms with E-state index in [1.165, 1.54) is 31.2 Å². The van der Waals surface area contributed by atoms with Gasteiger partial charge in [0, 0.05) is 22.7 Å². The van der Waals surface area contributed by atoms with Crippen LogP contribution in [0.1, 0.15) is 63.6 Å². The smallest absolute Gasteiger partial charge is 0.189 e. The van der Waals surface area contributed by atoms with Crippen LogP contribution in [0.25, 0.3) is 10.9 Å². The molecule has 0 unspecified atom stereocenters. The number of nitrogens with one attached hydrogen (secondary N) is 1. The lowest BCUT2D eigenvalue weighted by Crippen LogP contribution is -2.13. The number of rotatable bonds is 1. The van der Waals surface area contributed by atoms with Gasteiger partial charge >= 0.3 is 0 Å². The lowest BCUT2D eigenvalue weighted by Gasteiger charge is -2.19. The van der Waals surface area contributed by atoms with Gasteiger partial charge in [0.1, 0.15) is 0 Å². The fourth-order valence-electron chi connectivity index (χ4n) is 3.19. The van der Waals surface area contributed by atoms with E-state index in [0.717, 1.165) is 16.6 Å². The minimum atomic E-state index is 0.0742. The zero-order valence-corrected chi connectivity index (χ0v) is 12.6. The van der Waals surface area contributed by atoms with E-state index in [2.05, 4.69) is 37.9 Å². The Hall–Kier alpha value is -1.57. The Morgan fingerprint density at radius 2 is 1.80 bits per heavy atom. The van der Waals surface area contributed by atoms with Gasteiger partial charge in [-0.25, -0.2) is 0 Å². The number of pyridine rings is 1. The molecule has 1 aromatic carbocycles. The lowest BCUT2D eigenvalue weighted by molar-refractivity contribution is 0.591. The van der Waals surface area contributed by atoms with Crippen LogP contribution in [0.5, 0.6) is 0 Å². The molecule has 0 atom stereocenters. The van der Waals surface area contributed by atoms with E-state index in [9.17, 15) is 4.79 Å². The molecule has 0 spiro atoms. The maximum Gasteiger partial charge on any atom is 0.189 e. The summed E-state index contributed by atoms with van der Waals surface area (Å²) in [7, 11) is 0. The van der Waals surface area contributed by atoms with Crippen molar-refractivity contribution in [2.45, 2.75) is 57.8 Å². The SMILES string of the molecule is CC(C)(C)c1ccc2[nH]c(C3CCCC3)cc(=O)c2c1. The molecular weight excluding hydrogens is 246 g/mol. The van der Waals surface area contributed by atoms with E-state index < -0.39 is 0 Å². The Kier molecular flexibility index (Phi) is 3.19. The molecule has 1 aliphatic rings. The van der Waals surface area contributed by atoms with Crippen LogP contribution in [0, 0.1) is 0 Å². The number of benzene rings is 1. The van der Waals surface area contributed by atoms with Crippen molar-refractivity contribution in [1.29, 1.82) is 0 Å². The molecular formula is C18H23NO. The summed E-state index contributed by atoms with van der Waals surface area (Å²) >= 11 is 0. The summed E-state index contributed by atoms with van der Waals surface area (Å²) in [5.41, 5.74) is 3.55. The predicted molar refractivity (Wildman–Crippen MR) is 84.5 cm³/mol. The van der Waals surface area contributed by atoms with E-state index in [0.29, 0.717) is 5.92 Å². The summed E-state index contributed by atoms with van der Waals surface area (Å²) in [5.74, 6) is 0.550. The molecule has 1 fully saturated rings. The Bertz CT molecular complexity index is 685. The molecule has 1 saturated carbocycles. The number of fused-ring (bicyclic) bond motifs is 1. The Balaban J connectivity index is 2.12. The van der Waals surface area contributed by atoms with E-state index in [-0.39, 0.29) is 10.8 Å². The van der Waals surface area contributed by atoms with Crippen molar-refractivity contribution in [2.75, 3.05) is 0 Å². The van der Waals surface area contributed by atoms with Crippen LogP contribution in [-0.4, -0.2) is 4.98 Å². The van der Waals surface area contributed by atoms with Crippen molar-refractivity contribution in [1.82, 2.24) is 4.98 Å². The molecule has 106 valence electrons. The Labute approximate surface area is 120 Å². The van der Waals surface area contributed by atoms with Gasteiger partial charge in [0.2, 0.25) is 0 Å². The summed E-state index contributed by atoms with van der Waals surface area (Å²) < 4.78 is 0. The van der Waals surface area contributed by atoms with Crippen LogP contribution in [0.2, 0.25) is 0 Å². The van der Waals surface area contributed by atoms with E-state index in [1.54, 1.807) is 0 Å². The van der Waals surface area contributed by atoms with Crippen LogP contribution in [0.15, 0.2) is 29.1 Å². The third kappa shape index (κ3) is 2.39. The minimum absolute atomic E-state index is 0.0742. The molecule has 1 N–H and O–H groups in total. The molecule has 0 aliphatic heterocycles. The zero-order chi connectivity index (χ0) is 14.3. The van der Waals surface area contributed by atoms with Crippen molar-refractivity contribution in [3.8, 4) is 0 Å². The van der Waals surface area contributed by atoms with Gasteiger partial charge in [-0.1, -0.05) is 39.7 Å². The topological polar surface area (TPSA) is 32.9 Å². The van der Waals surface area contributed by atoms with Gasteiger partial charge in [-0.3, -0.25) is 4.79 Å². The van der Waals surface area contributed by atoms with Crippen LogP contribution >= 0.6 is 0 Å². The first-order valence-corrected chi connectivity index (χ1v) is 7.62. The Morgan fingerprint density at radius 3 is 2.45 bits per heavy atom. The van der Waals surface area contributed by atoms with Gasteiger partial charge < -0.3 is 4.98 Å². The van der Waals surface area contributed by atoms with Gasteiger partial charge in [0.05, 0.1) is 0 Å². The molecule has 20 heavy (non-hydrogen) atoms. The highest BCUT2D eigenvalue weighted by molar-refractivity contribution is 5.79. The van der Waals surface area contributed by atoms with Crippen molar-refractivity contribution < 1.29 is 0 Å². The average molecular weight is 269 g/mol. The minimum Gasteiger partial charge on any atom is -0.358 e. The Morgan fingerprint density at radius 1 is 1.10 bits per heavy atom. The first kappa shape index (κ1) is 13.4. The second kappa shape index (κ2) is 4.76. The van der Waals surface area contributed by atoms with E-state index in [4.69, 9.17) is 0 Å². The molecule has 0 saturated heterocycles. The third-order valence-corrected chi connectivity index (χ3v) is 4.51.